The van der Waals surface area contributed by atoms with Gasteiger partial charge in [0.1, 0.15) is 9.88 Å². The first-order valence-corrected chi connectivity index (χ1v) is 8.20. The van der Waals surface area contributed by atoms with E-state index in [4.69, 9.17) is 11.6 Å². The zero-order valence-electron chi connectivity index (χ0n) is 11.7. The van der Waals surface area contributed by atoms with Gasteiger partial charge >= 0.3 is 5.97 Å². The molecular formula is C16H16ClNO2S. The molecule has 0 amide bonds. The first-order valence-electron chi connectivity index (χ1n) is 7.00. The van der Waals surface area contributed by atoms with Gasteiger partial charge in [-0.1, -0.05) is 36.6 Å². The molecule has 3 rings (SSSR count). The Kier molecular flexibility index (Phi) is 3.76. The maximum absolute atomic E-state index is 11.3. The molecule has 1 N–H and O–H groups in total. The number of thiazole rings is 1. The van der Waals surface area contributed by atoms with Gasteiger partial charge in [0.05, 0.1) is 5.69 Å². The summed E-state index contributed by atoms with van der Waals surface area (Å²) in [5, 5.41) is 10.9. The van der Waals surface area contributed by atoms with Crippen molar-refractivity contribution < 1.29 is 9.90 Å². The fraction of sp³-hybridized carbons (Fsp3) is 0.375. The first kappa shape index (κ1) is 14.5. The molecule has 1 aromatic carbocycles. The van der Waals surface area contributed by atoms with Gasteiger partial charge < -0.3 is 5.11 Å². The van der Waals surface area contributed by atoms with Crippen LogP contribution in [0.3, 0.4) is 0 Å². The molecule has 3 nitrogen and oxygen atoms in total. The molecule has 21 heavy (non-hydrogen) atoms. The van der Waals surface area contributed by atoms with Crippen molar-refractivity contribution in [3.63, 3.8) is 0 Å². The smallest absolute Gasteiger partial charge is 0.347 e. The largest absolute Gasteiger partial charge is 0.477 e. The molecule has 1 saturated carbocycles. The maximum atomic E-state index is 11.3. The summed E-state index contributed by atoms with van der Waals surface area (Å²) in [6.45, 7) is 1.77. The number of rotatable bonds is 3. The Morgan fingerprint density at radius 3 is 2.43 bits per heavy atom. The molecule has 1 heterocycles. The third-order valence-corrected chi connectivity index (χ3v) is 5.86. The monoisotopic (exact) mass is 321 g/mol. The fourth-order valence-electron chi connectivity index (χ4n) is 3.17. The van der Waals surface area contributed by atoms with Crippen LogP contribution < -0.4 is 0 Å². The van der Waals surface area contributed by atoms with E-state index in [0.717, 1.165) is 30.7 Å². The van der Waals surface area contributed by atoms with Crippen molar-refractivity contribution in [1.82, 2.24) is 4.98 Å². The van der Waals surface area contributed by atoms with Gasteiger partial charge in [0.15, 0.2) is 0 Å². The van der Waals surface area contributed by atoms with Gasteiger partial charge in [-0.3, -0.25) is 0 Å². The summed E-state index contributed by atoms with van der Waals surface area (Å²) in [5.74, 6) is -0.888. The second-order valence-corrected chi connectivity index (χ2v) is 6.97. The van der Waals surface area contributed by atoms with Crippen LogP contribution in [-0.2, 0) is 5.41 Å². The Balaban J connectivity index is 2.11. The third kappa shape index (κ3) is 2.47. The molecule has 5 heteroatoms. The molecule has 0 atom stereocenters. The molecular weight excluding hydrogens is 306 g/mol. The van der Waals surface area contributed by atoms with Crippen LogP contribution >= 0.6 is 22.9 Å². The maximum Gasteiger partial charge on any atom is 0.347 e. The highest BCUT2D eigenvalue weighted by Crippen LogP contribution is 2.48. The second kappa shape index (κ2) is 5.43. The summed E-state index contributed by atoms with van der Waals surface area (Å²) in [6.07, 6.45) is 4.31. The Labute approximate surface area is 132 Å². The van der Waals surface area contributed by atoms with E-state index in [0.29, 0.717) is 15.6 Å². The number of aryl methyl sites for hydroxylation is 1. The van der Waals surface area contributed by atoms with E-state index >= 15 is 0 Å². The topological polar surface area (TPSA) is 50.2 Å². The molecule has 0 bridgehead atoms. The van der Waals surface area contributed by atoms with Crippen LogP contribution in [0, 0.1) is 6.92 Å². The number of carbonyl (C=O) groups is 1. The summed E-state index contributed by atoms with van der Waals surface area (Å²) in [5.41, 5.74) is 1.66. The van der Waals surface area contributed by atoms with Crippen molar-refractivity contribution >= 4 is 28.9 Å². The normalized spacial score (nSPS) is 17.0. The minimum Gasteiger partial charge on any atom is -0.477 e. The Morgan fingerprint density at radius 1 is 1.29 bits per heavy atom. The van der Waals surface area contributed by atoms with E-state index in [1.807, 2.05) is 24.3 Å². The summed E-state index contributed by atoms with van der Waals surface area (Å²) >= 11 is 7.31. The van der Waals surface area contributed by atoms with Crippen LogP contribution in [0.15, 0.2) is 24.3 Å². The van der Waals surface area contributed by atoms with E-state index in [1.54, 1.807) is 6.92 Å². The van der Waals surface area contributed by atoms with Crippen LogP contribution in [0.4, 0.5) is 0 Å². The van der Waals surface area contributed by atoms with E-state index in [1.165, 1.54) is 16.9 Å². The highest BCUT2D eigenvalue weighted by atomic mass is 35.5. The average Bonchev–Trinajstić information content (AvgIpc) is 3.07. The zero-order chi connectivity index (χ0) is 15.0. The Morgan fingerprint density at radius 2 is 1.90 bits per heavy atom. The minimum atomic E-state index is -0.888. The third-order valence-electron chi connectivity index (χ3n) is 4.25. The molecule has 1 aliphatic rings. The SMILES string of the molecule is Cc1nc(C2(c3ccc(Cl)cc3)CCCC2)sc1C(=O)O. The van der Waals surface area contributed by atoms with Crippen LogP contribution in [0.2, 0.25) is 5.02 Å². The van der Waals surface area contributed by atoms with Gasteiger partial charge in [-0.05, 0) is 37.5 Å². The molecule has 0 unspecified atom stereocenters. The number of carboxylic acid groups (broad SMARTS) is 1. The predicted octanol–water partition coefficient (Wildman–Crippen LogP) is 4.66. The fourth-order valence-corrected chi connectivity index (χ4v) is 4.47. The number of aromatic carboxylic acids is 1. The molecule has 0 saturated heterocycles. The summed E-state index contributed by atoms with van der Waals surface area (Å²) in [6, 6.07) is 7.89. The lowest BCUT2D eigenvalue weighted by Gasteiger charge is -2.27. The molecule has 1 aliphatic carbocycles. The van der Waals surface area contributed by atoms with Crippen LogP contribution in [-0.4, -0.2) is 16.1 Å². The van der Waals surface area contributed by atoms with Gasteiger partial charge in [0, 0.05) is 10.4 Å². The second-order valence-electron chi connectivity index (χ2n) is 5.53. The number of carboxylic acids is 1. The number of halogens is 1. The number of benzene rings is 1. The van der Waals surface area contributed by atoms with Crippen molar-refractivity contribution in [2.24, 2.45) is 0 Å². The molecule has 1 aromatic heterocycles. The van der Waals surface area contributed by atoms with Crippen LogP contribution in [0.5, 0.6) is 0 Å². The van der Waals surface area contributed by atoms with E-state index in [-0.39, 0.29) is 5.41 Å². The molecule has 2 aromatic rings. The number of nitrogens with zero attached hydrogens (tertiary/aromatic N) is 1. The standard InChI is InChI=1S/C16H16ClNO2S/c1-10-13(14(19)20)21-15(18-10)16(8-2-3-9-16)11-4-6-12(17)7-5-11/h4-7H,2-3,8-9H2,1H3,(H,19,20). The van der Waals surface area contributed by atoms with E-state index in [2.05, 4.69) is 4.98 Å². The van der Waals surface area contributed by atoms with E-state index < -0.39 is 5.97 Å². The molecule has 0 radical (unpaired) electrons. The zero-order valence-corrected chi connectivity index (χ0v) is 13.3. The Hall–Kier alpha value is -1.39. The first-order chi connectivity index (χ1) is 10.0. The Bertz CT molecular complexity index is 672. The van der Waals surface area contributed by atoms with Crippen molar-refractivity contribution in [2.75, 3.05) is 0 Å². The average molecular weight is 322 g/mol. The van der Waals surface area contributed by atoms with Crippen molar-refractivity contribution in [3.8, 4) is 0 Å². The number of aromatic nitrogens is 1. The summed E-state index contributed by atoms with van der Waals surface area (Å²) in [4.78, 5) is 16.2. The lowest BCUT2D eigenvalue weighted by molar-refractivity contribution is 0.0701. The lowest BCUT2D eigenvalue weighted by atomic mass is 9.79. The number of hydrogen-bond donors (Lipinski definition) is 1. The van der Waals surface area contributed by atoms with Crippen molar-refractivity contribution in [1.29, 1.82) is 0 Å². The van der Waals surface area contributed by atoms with Gasteiger partial charge in [-0.25, -0.2) is 9.78 Å². The molecule has 1 fully saturated rings. The molecule has 0 aliphatic heterocycles. The summed E-state index contributed by atoms with van der Waals surface area (Å²) < 4.78 is 0. The van der Waals surface area contributed by atoms with Gasteiger partial charge in [-0.2, -0.15) is 0 Å². The van der Waals surface area contributed by atoms with Crippen LogP contribution in [0.1, 0.15) is 51.6 Å². The van der Waals surface area contributed by atoms with Gasteiger partial charge in [0.25, 0.3) is 0 Å². The molecule has 110 valence electrons. The highest BCUT2D eigenvalue weighted by molar-refractivity contribution is 7.13. The lowest BCUT2D eigenvalue weighted by Crippen LogP contribution is -2.23. The minimum absolute atomic E-state index is 0.145. The van der Waals surface area contributed by atoms with Crippen LogP contribution in [0.25, 0.3) is 0 Å². The highest BCUT2D eigenvalue weighted by Gasteiger charge is 2.40. The number of hydrogen-bond acceptors (Lipinski definition) is 3. The quantitative estimate of drug-likeness (QED) is 0.894. The van der Waals surface area contributed by atoms with Crippen molar-refractivity contribution in [3.05, 3.63) is 50.4 Å². The van der Waals surface area contributed by atoms with Crippen molar-refractivity contribution in [2.45, 2.75) is 38.0 Å². The predicted molar refractivity (Wildman–Crippen MR) is 84.5 cm³/mol. The van der Waals surface area contributed by atoms with Gasteiger partial charge in [0.2, 0.25) is 0 Å². The van der Waals surface area contributed by atoms with E-state index in [9.17, 15) is 9.90 Å². The molecule has 0 spiro atoms. The van der Waals surface area contributed by atoms with Gasteiger partial charge in [-0.15, -0.1) is 11.3 Å². The summed E-state index contributed by atoms with van der Waals surface area (Å²) in [7, 11) is 0.